The number of carbonyl (C=O) groups excluding carboxylic acids is 1. The van der Waals surface area contributed by atoms with E-state index in [4.69, 9.17) is 13.6 Å². The van der Waals surface area contributed by atoms with Crippen LogP contribution in [0.3, 0.4) is 0 Å². The highest BCUT2D eigenvalue weighted by Gasteiger charge is 2.28. The van der Waals surface area contributed by atoms with Crippen LogP contribution in [0.4, 0.5) is 5.88 Å². The monoisotopic (exact) mass is 456 g/mol. The van der Waals surface area contributed by atoms with Crippen LogP contribution >= 0.6 is 15.9 Å². The average Bonchev–Trinajstić information content (AvgIpc) is 3.40. The van der Waals surface area contributed by atoms with Gasteiger partial charge >= 0.3 is 0 Å². The molecule has 0 spiro atoms. The minimum atomic E-state index is -0.160. The van der Waals surface area contributed by atoms with Crippen molar-refractivity contribution in [3.8, 4) is 23.3 Å². The molecule has 9 heteroatoms. The maximum absolute atomic E-state index is 12.5. The van der Waals surface area contributed by atoms with Gasteiger partial charge in [0.05, 0.1) is 7.11 Å². The van der Waals surface area contributed by atoms with Gasteiger partial charge in [0.1, 0.15) is 11.8 Å². The maximum Gasteiger partial charge on any atom is 0.289 e. The van der Waals surface area contributed by atoms with Gasteiger partial charge in [-0.3, -0.25) is 4.79 Å². The quantitative estimate of drug-likeness (QED) is 0.592. The number of methoxy groups -OCH3 is 1. The Morgan fingerprint density at radius 2 is 1.86 bits per heavy atom. The van der Waals surface area contributed by atoms with Gasteiger partial charge in [-0.05, 0) is 52.3 Å². The third kappa shape index (κ3) is 3.84. The summed E-state index contributed by atoms with van der Waals surface area (Å²) in [6, 6.07) is 12.7. The zero-order chi connectivity index (χ0) is 20.4. The Morgan fingerprint density at radius 1 is 1.14 bits per heavy atom. The van der Waals surface area contributed by atoms with Crippen LogP contribution < -0.4 is 9.64 Å². The van der Waals surface area contributed by atoms with Crippen LogP contribution in [0, 0.1) is 11.3 Å². The Morgan fingerprint density at radius 3 is 2.45 bits per heavy atom. The van der Waals surface area contributed by atoms with Crippen molar-refractivity contribution in [2.45, 2.75) is 0 Å². The van der Waals surface area contributed by atoms with E-state index in [1.807, 2.05) is 29.2 Å². The summed E-state index contributed by atoms with van der Waals surface area (Å²) < 4.78 is 16.9. The second kappa shape index (κ2) is 8.01. The van der Waals surface area contributed by atoms with Crippen molar-refractivity contribution in [3.05, 3.63) is 52.5 Å². The largest absolute Gasteiger partial charge is 0.497 e. The Labute approximate surface area is 175 Å². The third-order valence-corrected chi connectivity index (χ3v) is 5.12. The number of rotatable bonds is 4. The zero-order valence-corrected chi connectivity index (χ0v) is 17.2. The van der Waals surface area contributed by atoms with E-state index < -0.39 is 0 Å². The van der Waals surface area contributed by atoms with Gasteiger partial charge < -0.3 is 23.4 Å². The van der Waals surface area contributed by atoms with Crippen molar-refractivity contribution < 1.29 is 18.4 Å². The van der Waals surface area contributed by atoms with Crippen LogP contribution in [0.5, 0.6) is 5.75 Å². The van der Waals surface area contributed by atoms with E-state index >= 15 is 0 Å². The fourth-order valence-electron chi connectivity index (χ4n) is 3.15. The normalized spacial score (nSPS) is 14.0. The van der Waals surface area contributed by atoms with E-state index in [9.17, 15) is 10.1 Å². The number of furan rings is 1. The molecule has 1 fully saturated rings. The molecule has 3 aromatic rings. The lowest BCUT2D eigenvalue weighted by Crippen LogP contribution is -2.48. The summed E-state index contributed by atoms with van der Waals surface area (Å²) in [4.78, 5) is 20.5. The number of hydrogen-bond acceptors (Lipinski definition) is 7. The predicted octanol–water partition coefficient (Wildman–Crippen LogP) is 3.54. The number of nitriles is 1. The average molecular weight is 457 g/mol. The summed E-state index contributed by atoms with van der Waals surface area (Å²) in [6.45, 7) is 2.03. The number of hydrogen-bond donors (Lipinski definition) is 0. The molecule has 0 bridgehead atoms. The van der Waals surface area contributed by atoms with Gasteiger partial charge in [0.15, 0.2) is 10.4 Å². The molecule has 29 heavy (non-hydrogen) atoms. The molecule has 2 aromatic heterocycles. The Balaban J connectivity index is 1.48. The number of halogens is 1. The van der Waals surface area contributed by atoms with Crippen molar-refractivity contribution in [3.63, 3.8) is 0 Å². The van der Waals surface area contributed by atoms with E-state index in [0.717, 1.165) is 11.3 Å². The molecule has 1 aliphatic rings. The highest BCUT2D eigenvalue weighted by atomic mass is 79.9. The molecule has 1 aromatic carbocycles. The van der Waals surface area contributed by atoms with Crippen LogP contribution in [0.1, 0.15) is 16.2 Å². The lowest BCUT2D eigenvalue weighted by Gasteiger charge is -2.34. The van der Waals surface area contributed by atoms with Gasteiger partial charge in [0.2, 0.25) is 17.5 Å². The maximum atomic E-state index is 12.5. The molecule has 0 N–H and O–H groups in total. The third-order valence-electron chi connectivity index (χ3n) is 4.69. The van der Waals surface area contributed by atoms with Gasteiger partial charge in [0, 0.05) is 31.7 Å². The Kier molecular flexibility index (Phi) is 5.27. The minimum absolute atomic E-state index is 0.160. The summed E-state index contributed by atoms with van der Waals surface area (Å²) >= 11 is 3.21. The molecular weight excluding hydrogens is 440 g/mol. The molecule has 1 aliphatic heterocycles. The first-order valence-corrected chi connectivity index (χ1v) is 9.73. The number of nitrogens with zero attached hydrogens (tertiary/aromatic N) is 4. The van der Waals surface area contributed by atoms with E-state index in [1.165, 1.54) is 0 Å². The second-order valence-electron chi connectivity index (χ2n) is 6.40. The highest BCUT2D eigenvalue weighted by Crippen LogP contribution is 2.30. The first kappa shape index (κ1) is 19.1. The molecule has 0 unspecified atom stereocenters. The van der Waals surface area contributed by atoms with E-state index in [0.29, 0.717) is 48.4 Å². The molecule has 4 rings (SSSR count). The van der Waals surface area contributed by atoms with Gasteiger partial charge in [-0.1, -0.05) is 0 Å². The van der Waals surface area contributed by atoms with Crippen LogP contribution in [0.25, 0.3) is 11.5 Å². The highest BCUT2D eigenvalue weighted by molar-refractivity contribution is 9.10. The second-order valence-corrected chi connectivity index (χ2v) is 7.18. The van der Waals surface area contributed by atoms with Crippen LogP contribution in [-0.2, 0) is 0 Å². The molecule has 8 nitrogen and oxygen atoms in total. The number of aromatic nitrogens is 1. The van der Waals surface area contributed by atoms with Gasteiger partial charge in [0.25, 0.3) is 5.91 Å². The molecule has 1 saturated heterocycles. The van der Waals surface area contributed by atoms with E-state index in [-0.39, 0.29) is 11.6 Å². The first-order valence-electron chi connectivity index (χ1n) is 8.94. The van der Waals surface area contributed by atoms with Crippen molar-refractivity contribution in [2.75, 3.05) is 38.2 Å². The molecule has 0 radical (unpaired) electrons. The molecule has 0 aliphatic carbocycles. The summed E-state index contributed by atoms with van der Waals surface area (Å²) in [5.74, 6) is 1.66. The molecule has 148 valence electrons. The number of carbonyl (C=O) groups is 1. The molecular formula is C20H17BrN4O4. The predicted molar refractivity (Wildman–Crippen MR) is 108 cm³/mol. The topological polar surface area (TPSA) is 95.7 Å². The Bertz CT molecular complexity index is 1060. The molecule has 3 heterocycles. The lowest BCUT2D eigenvalue weighted by atomic mass is 10.2. The zero-order valence-electron chi connectivity index (χ0n) is 15.6. The number of ether oxygens (including phenoxy) is 1. The number of piperazine rings is 1. The number of oxazole rings is 1. The smallest absolute Gasteiger partial charge is 0.289 e. The minimum Gasteiger partial charge on any atom is -0.497 e. The van der Waals surface area contributed by atoms with Gasteiger partial charge in [-0.2, -0.15) is 10.2 Å². The summed E-state index contributed by atoms with van der Waals surface area (Å²) in [5, 5.41) is 9.48. The van der Waals surface area contributed by atoms with Gasteiger partial charge in [-0.15, -0.1) is 0 Å². The summed E-state index contributed by atoms with van der Waals surface area (Å²) in [6.07, 6.45) is 0. The number of benzene rings is 1. The summed E-state index contributed by atoms with van der Waals surface area (Å²) in [5.41, 5.74) is 0.983. The lowest BCUT2D eigenvalue weighted by molar-refractivity contribution is 0.0712. The van der Waals surface area contributed by atoms with Crippen molar-refractivity contribution in [1.82, 2.24) is 9.88 Å². The fourth-order valence-corrected chi connectivity index (χ4v) is 3.46. The van der Waals surface area contributed by atoms with Gasteiger partial charge in [-0.25, -0.2) is 0 Å². The first-order chi connectivity index (χ1) is 14.1. The fraction of sp³-hybridized carbons (Fsp3) is 0.250. The van der Waals surface area contributed by atoms with Crippen LogP contribution in [-0.4, -0.2) is 49.1 Å². The SMILES string of the molecule is COc1ccc(-c2nc(C#N)c(N3CCN(C(=O)c4ccc(Br)o4)CC3)o2)cc1. The molecule has 1 amide bonds. The van der Waals surface area contributed by atoms with Crippen molar-refractivity contribution in [2.24, 2.45) is 0 Å². The molecule has 0 atom stereocenters. The van der Waals surface area contributed by atoms with Crippen LogP contribution in [0.2, 0.25) is 0 Å². The standard InChI is InChI=1S/C20H17BrN4O4/c1-27-14-4-2-13(3-5-14)18-23-15(12-22)20(29-18)25-10-8-24(9-11-25)19(26)16-6-7-17(21)28-16/h2-7H,8-11H2,1H3. The van der Waals surface area contributed by atoms with E-state index in [2.05, 4.69) is 27.0 Å². The van der Waals surface area contributed by atoms with Crippen LogP contribution in [0.15, 0.2) is 49.9 Å². The summed E-state index contributed by atoms with van der Waals surface area (Å²) in [7, 11) is 1.60. The number of anilines is 1. The Hall–Kier alpha value is -3.25. The number of amides is 1. The van der Waals surface area contributed by atoms with E-state index in [1.54, 1.807) is 24.1 Å². The van der Waals surface area contributed by atoms with Crippen molar-refractivity contribution in [1.29, 1.82) is 5.26 Å². The van der Waals surface area contributed by atoms with Crippen molar-refractivity contribution >= 4 is 27.7 Å². The molecule has 0 saturated carbocycles.